The molecule has 1 N–H and O–H groups in total. The molecule has 6 atom stereocenters. The number of unbranched alkanes of at least 4 members (excludes halogenated alkanes) is 1. The van der Waals surface area contributed by atoms with E-state index in [9.17, 15) is 19.5 Å². The highest BCUT2D eigenvalue weighted by molar-refractivity contribution is 8.02. The van der Waals surface area contributed by atoms with Crippen LogP contribution < -0.4 is 4.90 Å². The van der Waals surface area contributed by atoms with E-state index in [4.69, 9.17) is 4.74 Å². The number of likely N-dealkylation sites (tertiary alicyclic amines) is 1. The van der Waals surface area contributed by atoms with Gasteiger partial charge in [0.1, 0.15) is 6.04 Å². The van der Waals surface area contributed by atoms with Crippen LogP contribution in [-0.2, 0) is 19.1 Å². The van der Waals surface area contributed by atoms with Crippen LogP contribution in [0, 0.1) is 25.7 Å². The molecule has 0 radical (unpaired) electrons. The van der Waals surface area contributed by atoms with Crippen molar-refractivity contribution in [3.8, 4) is 0 Å². The Morgan fingerprint density at radius 3 is 2.67 bits per heavy atom. The summed E-state index contributed by atoms with van der Waals surface area (Å²) in [6.45, 7) is 15.8. The first kappa shape index (κ1) is 29.4. The van der Waals surface area contributed by atoms with Crippen LogP contribution >= 0.6 is 11.8 Å². The highest BCUT2D eigenvalue weighted by atomic mass is 32.2. The summed E-state index contributed by atoms with van der Waals surface area (Å²) in [4.78, 5) is 45.9. The first-order valence-electron chi connectivity index (χ1n) is 14.0. The minimum absolute atomic E-state index is 0.192. The lowest BCUT2D eigenvalue weighted by Gasteiger charge is -2.39. The Morgan fingerprint density at radius 2 is 2.03 bits per heavy atom. The average molecular weight is 555 g/mol. The maximum atomic E-state index is 14.7. The molecule has 39 heavy (non-hydrogen) atoms. The molecule has 2 bridgehead atoms. The minimum Gasteiger partial charge on any atom is -0.465 e. The number of hydrogen-bond donors (Lipinski definition) is 1. The fourth-order valence-electron chi connectivity index (χ4n) is 6.89. The molecule has 1 aromatic rings. The number of esters is 1. The number of ether oxygens (including phenoxy) is 1. The number of nitrogens with zero attached hydrogens (tertiary/aromatic N) is 2. The molecule has 8 heteroatoms. The van der Waals surface area contributed by atoms with E-state index in [-0.39, 0.29) is 37.5 Å². The summed E-state index contributed by atoms with van der Waals surface area (Å²) in [6, 6.07) is 4.66. The summed E-state index contributed by atoms with van der Waals surface area (Å²) in [6.07, 6.45) is 6.77. The number of aryl methyl sites for hydroxylation is 2. The van der Waals surface area contributed by atoms with E-state index in [0.717, 1.165) is 23.2 Å². The Balaban J connectivity index is 1.79. The SMILES string of the molecule is C=CCCCOC(=O)[C@H]1[C@H]2C(=O)N([C@@H](CC)CO)C(C(=O)N(CC=C)c3cc(C)ccc3C)C23CC[C@]1(C)S3. The van der Waals surface area contributed by atoms with Crippen LogP contribution in [0.2, 0.25) is 0 Å². The van der Waals surface area contributed by atoms with Gasteiger partial charge in [0.15, 0.2) is 0 Å². The molecule has 0 aliphatic carbocycles. The smallest absolute Gasteiger partial charge is 0.311 e. The molecule has 1 spiro atoms. The zero-order valence-corrected chi connectivity index (χ0v) is 24.5. The molecule has 3 fully saturated rings. The maximum absolute atomic E-state index is 14.7. The Morgan fingerprint density at radius 1 is 1.28 bits per heavy atom. The van der Waals surface area contributed by atoms with Crippen molar-refractivity contribution in [3.63, 3.8) is 0 Å². The number of allylic oxidation sites excluding steroid dienone is 1. The number of fused-ring (bicyclic) bond motifs is 1. The van der Waals surface area contributed by atoms with Gasteiger partial charge in [0, 0.05) is 17.0 Å². The molecular weight excluding hydrogens is 512 g/mol. The average Bonchev–Trinajstić information content (AvgIpc) is 3.48. The molecule has 2 amide bonds. The summed E-state index contributed by atoms with van der Waals surface area (Å²) in [5.74, 6) is -2.10. The lowest BCUT2D eigenvalue weighted by atomic mass is 9.66. The Hall–Kier alpha value is -2.58. The highest BCUT2D eigenvalue weighted by Gasteiger charge is 2.78. The van der Waals surface area contributed by atoms with Gasteiger partial charge in [-0.15, -0.1) is 24.9 Å². The molecule has 212 valence electrons. The van der Waals surface area contributed by atoms with Crippen molar-refractivity contribution in [1.82, 2.24) is 4.90 Å². The first-order chi connectivity index (χ1) is 18.6. The van der Waals surface area contributed by atoms with Gasteiger partial charge in [-0.05, 0) is 70.1 Å². The second kappa shape index (κ2) is 11.5. The Bertz CT molecular complexity index is 1150. The van der Waals surface area contributed by atoms with Crippen LogP contribution in [0.5, 0.6) is 0 Å². The number of aliphatic hydroxyl groups is 1. The summed E-state index contributed by atoms with van der Waals surface area (Å²) in [7, 11) is 0. The molecule has 7 nitrogen and oxygen atoms in total. The summed E-state index contributed by atoms with van der Waals surface area (Å²) < 4.78 is 4.43. The minimum atomic E-state index is -0.808. The third-order valence-corrected chi connectivity index (χ3v) is 10.8. The van der Waals surface area contributed by atoms with E-state index in [1.54, 1.807) is 33.7 Å². The Labute approximate surface area is 236 Å². The molecule has 0 aromatic heterocycles. The van der Waals surface area contributed by atoms with Crippen molar-refractivity contribution < 1.29 is 24.2 Å². The molecule has 2 unspecified atom stereocenters. The van der Waals surface area contributed by atoms with Crippen molar-refractivity contribution in [2.75, 3.05) is 24.7 Å². The Kier molecular flexibility index (Phi) is 8.67. The van der Waals surface area contributed by atoms with E-state index >= 15 is 0 Å². The molecule has 3 aliphatic rings. The predicted octanol–water partition coefficient (Wildman–Crippen LogP) is 4.58. The van der Waals surface area contributed by atoms with E-state index in [0.29, 0.717) is 25.7 Å². The number of carbonyl (C=O) groups excluding carboxylic acids is 3. The fraction of sp³-hybridized carbons (Fsp3) is 0.581. The second-order valence-corrected chi connectivity index (χ2v) is 13.2. The van der Waals surface area contributed by atoms with Gasteiger partial charge in [0.2, 0.25) is 5.91 Å². The standard InChI is InChI=1S/C31H42N2O5S/c1-7-10-11-17-38-29(37)25-24-27(35)33(22(9-3)19-34)26(31(24)15-14-30(25,6)39-31)28(36)32(16-8-2)23-18-20(4)12-13-21(23)5/h7-8,12-13,18,22,24-26,34H,1-2,9-11,14-17,19H2,3-6H3/t22-,24-,25+,26?,30-,31?/m0/s1. The monoisotopic (exact) mass is 554 g/mol. The number of hydrogen-bond acceptors (Lipinski definition) is 6. The van der Waals surface area contributed by atoms with Crippen molar-refractivity contribution in [2.45, 2.75) is 81.4 Å². The molecular formula is C31H42N2O5S. The lowest BCUT2D eigenvalue weighted by molar-refractivity contribution is -0.156. The van der Waals surface area contributed by atoms with Crippen LogP contribution in [0.15, 0.2) is 43.5 Å². The number of carbonyl (C=O) groups is 3. The van der Waals surface area contributed by atoms with Crippen LogP contribution in [0.25, 0.3) is 0 Å². The van der Waals surface area contributed by atoms with E-state index < -0.39 is 33.4 Å². The molecule has 0 saturated carbocycles. The van der Waals surface area contributed by atoms with Crippen molar-refractivity contribution in [1.29, 1.82) is 0 Å². The number of rotatable bonds is 12. The number of thioether (sulfide) groups is 1. The van der Waals surface area contributed by atoms with E-state index in [2.05, 4.69) is 13.2 Å². The number of amides is 2. The number of benzene rings is 1. The van der Waals surface area contributed by atoms with Crippen molar-refractivity contribution >= 4 is 35.2 Å². The van der Waals surface area contributed by atoms with Crippen molar-refractivity contribution in [3.05, 3.63) is 54.6 Å². The zero-order valence-electron chi connectivity index (χ0n) is 23.7. The van der Waals surface area contributed by atoms with Crippen LogP contribution in [-0.4, -0.2) is 69.1 Å². The van der Waals surface area contributed by atoms with Crippen molar-refractivity contribution in [2.24, 2.45) is 11.8 Å². The normalized spacial score (nSPS) is 29.7. The van der Waals surface area contributed by atoms with Gasteiger partial charge in [-0.25, -0.2) is 0 Å². The van der Waals surface area contributed by atoms with Crippen LogP contribution in [0.1, 0.15) is 57.1 Å². The molecule has 1 aromatic carbocycles. The third-order valence-electron chi connectivity index (χ3n) is 8.81. The topological polar surface area (TPSA) is 87.1 Å². The summed E-state index contributed by atoms with van der Waals surface area (Å²) in [5.41, 5.74) is 2.76. The fourth-order valence-corrected chi connectivity index (χ4v) is 9.22. The van der Waals surface area contributed by atoms with Gasteiger partial charge in [0.25, 0.3) is 5.91 Å². The number of anilines is 1. The molecule has 3 aliphatic heterocycles. The van der Waals surface area contributed by atoms with Gasteiger partial charge >= 0.3 is 5.97 Å². The van der Waals surface area contributed by atoms with Crippen LogP contribution in [0.4, 0.5) is 5.69 Å². The quantitative estimate of drug-likeness (QED) is 0.231. The maximum Gasteiger partial charge on any atom is 0.311 e. The molecule has 4 rings (SSSR count). The van der Waals surface area contributed by atoms with Gasteiger partial charge in [-0.1, -0.05) is 31.2 Å². The van der Waals surface area contributed by atoms with Gasteiger partial charge in [0.05, 0.1) is 35.8 Å². The second-order valence-electron chi connectivity index (χ2n) is 11.3. The van der Waals surface area contributed by atoms with Crippen LogP contribution in [0.3, 0.4) is 0 Å². The lowest BCUT2D eigenvalue weighted by Crippen LogP contribution is -2.57. The summed E-state index contributed by atoms with van der Waals surface area (Å²) in [5, 5.41) is 10.3. The largest absolute Gasteiger partial charge is 0.465 e. The van der Waals surface area contributed by atoms with Gasteiger partial charge in [-0.3, -0.25) is 14.4 Å². The van der Waals surface area contributed by atoms with E-state index in [1.807, 2.05) is 45.9 Å². The predicted molar refractivity (Wildman–Crippen MR) is 156 cm³/mol. The number of aliphatic hydroxyl groups excluding tert-OH is 1. The third kappa shape index (κ3) is 4.84. The first-order valence-corrected chi connectivity index (χ1v) is 14.8. The zero-order chi connectivity index (χ0) is 28.5. The van der Waals surface area contributed by atoms with E-state index in [1.165, 1.54) is 0 Å². The molecule has 3 saturated heterocycles. The van der Waals surface area contributed by atoms with Gasteiger partial charge < -0.3 is 19.6 Å². The summed E-state index contributed by atoms with van der Waals surface area (Å²) >= 11 is 1.62. The highest BCUT2D eigenvalue weighted by Crippen LogP contribution is 2.72. The molecule has 3 heterocycles. The van der Waals surface area contributed by atoms with Gasteiger partial charge in [-0.2, -0.15) is 0 Å².